The predicted octanol–water partition coefficient (Wildman–Crippen LogP) is 1.88. The Morgan fingerprint density at radius 2 is 2.15 bits per heavy atom. The lowest BCUT2D eigenvalue weighted by molar-refractivity contribution is -0.148. The molecule has 0 fully saturated rings. The third kappa shape index (κ3) is 2.86. The number of carbonyl (C=O) groups is 1. The van der Waals surface area contributed by atoms with Crippen molar-refractivity contribution in [3.05, 3.63) is 12.1 Å². The molecule has 0 aromatic heterocycles. The summed E-state index contributed by atoms with van der Waals surface area (Å²) in [5, 5.41) is 2.41. The SMILES string of the molecule is Nc1cc2c(cc1OCC(F)(F)C(F)F)NC(=O)CO2. The molecule has 1 aromatic rings. The normalized spacial score (nSPS) is 14.6. The van der Waals surface area contributed by atoms with Crippen LogP contribution in [-0.2, 0) is 4.79 Å². The molecule has 9 heteroatoms. The number of ether oxygens (including phenoxy) is 2. The molecule has 0 atom stereocenters. The smallest absolute Gasteiger partial charge is 0.340 e. The summed E-state index contributed by atoms with van der Waals surface area (Å²) in [6.45, 7) is -1.72. The van der Waals surface area contributed by atoms with Crippen LogP contribution in [0.1, 0.15) is 0 Å². The molecule has 0 aliphatic carbocycles. The molecule has 2 rings (SSSR count). The van der Waals surface area contributed by atoms with E-state index in [4.69, 9.17) is 10.5 Å². The molecule has 20 heavy (non-hydrogen) atoms. The zero-order chi connectivity index (χ0) is 14.9. The highest BCUT2D eigenvalue weighted by Gasteiger charge is 2.42. The van der Waals surface area contributed by atoms with Crippen LogP contribution in [0.25, 0.3) is 0 Å². The summed E-state index contributed by atoms with van der Waals surface area (Å²) < 4.78 is 59.2. The number of nitrogens with two attached hydrogens (primary N) is 1. The lowest BCUT2D eigenvalue weighted by atomic mass is 10.2. The van der Waals surface area contributed by atoms with Crippen molar-refractivity contribution in [1.82, 2.24) is 0 Å². The van der Waals surface area contributed by atoms with Gasteiger partial charge in [0.05, 0.1) is 11.4 Å². The zero-order valence-corrected chi connectivity index (χ0v) is 9.96. The standard InChI is InChI=1S/C11H10F4N2O3/c12-10(13)11(14,15)4-20-7-2-6-8(1-5(7)16)19-3-9(18)17-6/h1-2,10H,3-4,16H2,(H,17,18). The first-order valence-corrected chi connectivity index (χ1v) is 5.44. The molecule has 0 radical (unpaired) electrons. The summed E-state index contributed by atoms with van der Waals surface area (Å²) in [4.78, 5) is 11.1. The average molecular weight is 294 g/mol. The Labute approximate surface area is 110 Å². The van der Waals surface area contributed by atoms with Gasteiger partial charge in [-0.05, 0) is 0 Å². The van der Waals surface area contributed by atoms with Crippen LogP contribution in [0.15, 0.2) is 12.1 Å². The number of alkyl halides is 4. The number of amides is 1. The van der Waals surface area contributed by atoms with Gasteiger partial charge in [-0.2, -0.15) is 8.78 Å². The van der Waals surface area contributed by atoms with E-state index in [2.05, 4.69) is 10.1 Å². The molecule has 0 saturated carbocycles. The van der Waals surface area contributed by atoms with Gasteiger partial charge in [0.1, 0.15) is 11.5 Å². The Morgan fingerprint density at radius 1 is 1.45 bits per heavy atom. The Balaban J connectivity index is 2.17. The fraction of sp³-hybridized carbons (Fsp3) is 0.364. The number of carbonyl (C=O) groups excluding carboxylic acids is 1. The Kier molecular flexibility index (Phi) is 3.60. The molecule has 1 heterocycles. The van der Waals surface area contributed by atoms with E-state index in [9.17, 15) is 22.4 Å². The first-order valence-electron chi connectivity index (χ1n) is 5.44. The molecule has 5 nitrogen and oxygen atoms in total. The molecule has 1 aromatic carbocycles. The van der Waals surface area contributed by atoms with Crippen LogP contribution in [0.4, 0.5) is 28.9 Å². The Morgan fingerprint density at radius 3 is 2.80 bits per heavy atom. The molecule has 110 valence electrons. The van der Waals surface area contributed by atoms with E-state index in [1.807, 2.05) is 0 Å². The van der Waals surface area contributed by atoms with Crippen LogP contribution in [-0.4, -0.2) is 31.5 Å². The van der Waals surface area contributed by atoms with Crippen molar-refractivity contribution in [2.75, 3.05) is 24.3 Å². The van der Waals surface area contributed by atoms with Gasteiger partial charge in [0.15, 0.2) is 13.2 Å². The minimum Gasteiger partial charge on any atom is -0.485 e. The third-order valence-corrected chi connectivity index (χ3v) is 2.48. The number of hydrogen-bond acceptors (Lipinski definition) is 4. The molecule has 1 amide bonds. The summed E-state index contributed by atoms with van der Waals surface area (Å²) >= 11 is 0. The number of rotatable bonds is 4. The highest BCUT2D eigenvalue weighted by Crippen LogP contribution is 2.37. The van der Waals surface area contributed by atoms with Crippen LogP contribution < -0.4 is 20.5 Å². The van der Waals surface area contributed by atoms with Crippen LogP contribution in [0, 0.1) is 0 Å². The van der Waals surface area contributed by atoms with Gasteiger partial charge in [-0.25, -0.2) is 8.78 Å². The number of halogens is 4. The summed E-state index contributed by atoms with van der Waals surface area (Å²) in [5.74, 6) is -4.72. The van der Waals surface area contributed by atoms with E-state index in [1.54, 1.807) is 0 Å². The Bertz CT molecular complexity index is 537. The van der Waals surface area contributed by atoms with Crippen LogP contribution >= 0.6 is 0 Å². The molecule has 1 aliphatic heterocycles. The highest BCUT2D eigenvalue weighted by atomic mass is 19.3. The molecular formula is C11H10F4N2O3. The minimum atomic E-state index is -4.29. The molecule has 0 bridgehead atoms. The molecule has 0 unspecified atom stereocenters. The maximum atomic E-state index is 12.8. The first kappa shape index (κ1) is 14.2. The fourth-order valence-corrected chi connectivity index (χ4v) is 1.48. The van der Waals surface area contributed by atoms with Crippen LogP contribution in [0.5, 0.6) is 11.5 Å². The van der Waals surface area contributed by atoms with Gasteiger partial charge in [-0.1, -0.05) is 0 Å². The molecule has 3 N–H and O–H groups in total. The average Bonchev–Trinajstić information content (AvgIpc) is 2.36. The zero-order valence-electron chi connectivity index (χ0n) is 9.96. The van der Waals surface area contributed by atoms with E-state index < -0.39 is 24.9 Å². The van der Waals surface area contributed by atoms with Crippen molar-refractivity contribution in [3.8, 4) is 11.5 Å². The van der Waals surface area contributed by atoms with Crippen molar-refractivity contribution in [3.63, 3.8) is 0 Å². The second-order valence-corrected chi connectivity index (χ2v) is 4.07. The van der Waals surface area contributed by atoms with Gasteiger partial charge >= 0.3 is 12.3 Å². The lowest BCUT2D eigenvalue weighted by Gasteiger charge is -2.21. The molecule has 0 spiro atoms. The van der Waals surface area contributed by atoms with Gasteiger partial charge in [0, 0.05) is 12.1 Å². The van der Waals surface area contributed by atoms with Crippen LogP contribution in [0.3, 0.4) is 0 Å². The van der Waals surface area contributed by atoms with Gasteiger partial charge in [0.25, 0.3) is 5.91 Å². The first-order chi connectivity index (χ1) is 9.29. The lowest BCUT2D eigenvalue weighted by Crippen LogP contribution is -2.34. The van der Waals surface area contributed by atoms with E-state index in [1.165, 1.54) is 6.07 Å². The van der Waals surface area contributed by atoms with E-state index in [0.717, 1.165) is 6.07 Å². The number of hydrogen-bond donors (Lipinski definition) is 2. The minimum absolute atomic E-state index is 0.0648. The van der Waals surface area contributed by atoms with Gasteiger partial charge in [-0.3, -0.25) is 4.79 Å². The monoisotopic (exact) mass is 294 g/mol. The second kappa shape index (κ2) is 5.06. The largest absolute Gasteiger partial charge is 0.485 e. The van der Waals surface area contributed by atoms with E-state index >= 15 is 0 Å². The summed E-state index contributed by atoms with van der Waals surface area (Å²) in [5.41, 5.74) is 5.64. The number of nitrogens with one attached hydrogen (secondary N) is 1. The van der Waals surface area contributed by atoms with Crippen molar-refractivity contribution < 1.29 is 31.8 Å². The van der Waals surface area contributed by atoms with Crippen molar-refractivity contribution in [2.45, 2.75) is 12.3 Å². The van der Waals surface area contributed by atoms with E-state index in [0.29, 0.717) is 0 Å². The number of benzene rings is 1. The maximum Gasteiger partial charge on any atom is 0.340 e. The van der Waals surface area contributed by atoms with Crippen molar-refractivity contribution in [2.24, 2.45) is 0 Å². The number of nitrogen functional groups attached to an aromatic ring is 1. The van der Waals surface area contributed by atoms with Crippen LogP contribution in [0.2, 0.25) is 0 Å². The second-order valence-electron chi connectivity index (χ2n) is 4.07. The molecule has 1 aliphatic rings. The molecule has 0 saturated heterocycles. The highest BCUT2D eigenvalue weighted by molar-refractivity contribution is 5.96. The van der Waals surface area contributed by atoms with Gasteiger partial charge < -0.3 is 20.5 Å². The third-order valence-electron chi connectivity index (χ3n) is 2.48. The van der Waals surface area contributed by atoms with Gasteiger partial charge in [-0.15, -0.1) is 0 Å². The van der Waals surface area contributed by atoms with Gasteiger partial charge in [0.2, 0.25) is 0 Å². The summed E-state index contributed by atoms with van der Waals surface area (Å²) in [6.07, 6.45) is -3.84. The summed E-state index contributed by atoms with van der Waals surface area (Å²) in [6, 6.07) is 2.40. The van der Waals surface area contributed by atoms with E-state index in [-0.39, 0.29) is 29.5 Å². The Hall–Kier alpha value is -2.19. The fourth-order valence-electron chi connectivity index (χ4n) is 1.48. The topological polar surface area (TPSA) is 73.6 Å². The maximum absolute atomic E-state index is 12.8. The molecular weight excluding hydrogens is 284 g/mol. The number of anilines is 2. The number of fused-ring (bicyclic) bond motifs is 1. The quantitative estimate of drug-likeness (QED) is 0.657. The van der Waals surface area contributed by atoms with Crippen molar-refractivity contribution in [1.29, 1.82) is 0 Å². The van der Waals surface area contributed by atoms with Crippen molar-refractivity contribution >= 4 is 17.3 Å². The summed E-state index contributed by atoms with van der Waals surface area (Å²) in [7, 11) is 0. The predicted molar refractivity (Wildman–Crippen MR) is 61.4 cm³/mol.